The molecule has 24 heavy (non-hydrogen) atoms. The van der Waals surface area contributed by atoms with E-state index < -0.39 is 0 Å². The minimum Gasteiger partial charge on any atom is -0.383 e. The monoisotopic (exact) mass is 329 g/mol. The van der Waals surface area contributed by atoms with E-state index in [-0.39, 0.29) is 5.91 Å². The van der Waals surface area contributed by atoms with Gasteiger partial charge in [-0.25, -0.2) is 0 Å². The van der Waals surface area contributed by atoms with E-state index in [9.17, 15) is 4.79 Å². The van der Waals surface area contributed by atoms with Crippen LogP contribution in [-0.4, -0.2) is 67.1 Å². The molecule has 1 aromatic carbocycles. The Labute approximate surface area is 143 Å². The van der Waals surface area contributed by atoms with Crippen LogP contribution in [0.5, 0.6) is 0 Å². The number of amides is 1. The maximum Gasteiger partial charge on any atom is 0.227 e. The SMILES string of the molecule is COCCN1CCCN(C(=O)Cc2c[nH]c3cc(C)ccc23)CC1. The molecule has 0 saturated carbocycles. The maximum absolute atomic E-state index is 12.7. The van der Waals surface area contributed by atoms with Crippen molar-refractivity contribution < 1.29 is 9.53 Å². The highest BCUT2D eigenvalue weighted by Crippen LogP contribution is 2.20. The van der Waals surface area contributed by atoms with Crippen LogP contribution in [0.2, 0.25) is 0 Å². The lowest BCUT2D eigenvalue weighted by atomic mass is 10.1. The standard InChI is InChI=1S/C19H27N3O2/c1-15-4-5-17-16(14-20-18(17)12-15)13-19(23)22-7-3-6-21(8-9-22)10-11-24-2/h4-5,12,14,20H,3,6-11,13H2,1-2H3. The molecule has 1 aromatic heterocycles. The summed E-state index contributed by atoms with van der Waals surface area (Å²) in [6.45, 7) is 7.41. The van der Waals surface area contributed by atoms with Gasteiger partial charge >= 0.3 is 0 Å². The summed E-state index contributed by atoms with van der Waals surface area (Å²) in [4.78, 5) is 20.4. The molecular formula is C19H27N3O2. The first-order valence-electron chi connectivity index (χ1n) is 8.73. The van der Waals surface area contributed by atoms with Gasteiger partial charge in [-0.2, -0.15) is 0 Å². The molecule has 0 unspecified atom stereocenters. The summed E-state index contributed by atoms with van der Waals surface area (Å²) in [5.74, 6) is 0.227. The van der Waals surface area contributed by atoms with Gasteiger partial charge < -0.3 is 14.6 Å². The van der Waals surface area contributed by atoms with Gasteiger partial charge in [-0.15, -0.1) is 0 Å². The van der Waals surface area contributed by atoms with Gasteiger partial charge in [0.1, 0.15) is 0 Å². The number of benzene rings is 1. The lowest BCUT2D eigenvalue weighted by Gasteiger charge is -2.21. The van der Waals surface area contributed by atoms with E-state index in [1.54, 1.807) is 7.11 Å². The number of hydrogen-bond donors (Lipinski definition) is 1. The quantitative estimate of drug-likeness (QED) is 0.915. The van der Waals surface area contributed by atoms with Crippen LogP contribution in [0.3, 0.4) is 0 Å². The number of aryl methyl sites for hydroxylation is 1. The van der Waals surface area contributed by atoms with Gasteiger partial charge in [-0.05, 0) is 37.1 Å². The molecule has 1 aliphatic rings. The summed E-state index contributed by atoms with van der Waals surface area (Å²) in [6, 6.07) is 6.34. The number of carbonyl (C=O) groups excluding carboxylic acids is 1. The highest BCUT2D eigenvalue weighted by Gasteiger charge is 2.20. The van der Waals surface area contributed by atoms with Crippen LogP contribution in [0.1, 0.15) is 17.5 Å². The van der Waals surface area contributed by atoms with Crippen LogP contribution in [0.4, 0.5) is 0 Å². The van der Waals surface area contributed by atoms with Crippen molar-refractivity contribution in [2.75, 3.05) is 46.4 Å². The van der Waals surface area contributed by atoms with Crippen molar-refractivity contribution in [2.45, 2.75) is 19.8 Å². The summed E-state index contributed by atoms with van der Waals surface area (Å²) in [5.41, 5.74) is 3.43. The molecule has 1 saturated heterocycles. The second-order valence-electron chi connectivity index (χ2n) is 6.61. The fourth-order valence-corrected chi connectivity index (χ4v) is 3.39. The summed E-state index contributed by atoms with van der Waals surface area (Å²) < 4.78 is 5.15. The number of ether oxygens (including phenoxy) is 1. The summed E-state index contributed by atoms with van der Waals surface area (Å²) >= 11 is 0. The third kappa shape index (κ3) is 3.97. The van der Waals surface area contributed by atoms with Crippen molar-refractivity contribution in [3.8, 4) is 0 Å². The molecule has 1 amide bonds. The fourth-order valence-electron chi connectivity index (χ4n) is 3.39. The van der Waals surface area contributed by atoms with Gasteiger partial charge in [-0.1, -0.05) is 12.1 Å². The second-order valence-corrected chi connectivity index (χ2v) is 6.61. The van der Waals surface area contributed by atoms with Crippen LogP contribution in [0.15, 0.2) is 24.4 Å². The number of hydrogen-bond acceptors (Lipinski definition) is 3. The Morgan fingerprint density at radius 2 is 2.12 bits per heavy atom. The van der Waals surface area contributed by atoms with Crippen LogP contribution < -0.4 is 0 Å². The van der Waals surface area contributed by atoms with Crippen LogP contribution in [0.25, 0.3) is 10.9 Å². The van der Waals surface area contributed by atoms with Crippen LogP contribution >= 0.6 is 0 Å². The van der Waals surface area contributed by atoms with E-state index in [2.05, 4.69) is 35.0 Å². The highest BCUT2D eigenvalue weighted by atomic mass is 16.5. The molecule has 0 radical (unpaired) electrons. The summed E-state index contributed by atoms with van der Waals surface area (Å²) in [7, 11) is 1.73. The van der Waals surface area contributed by atoms with Crippen molar-refractivity contribution in [1.82, 2.24) is 14.8 Å². The van der Waals surface area contributed by atoms with Gasteiger partial charge in [0, 0.05) is 50.4 Å². The first-order valence-corrected chi connectivity index (χ1v) is 8.73. The molecule has 0 aliphatic carbocycles. The Balaban J connectivity index is 1.62. The number of carbonyl (C=O) groups is 1. The Kier molecular flexibility index (Phi) is 5.53. The average molecular weight is 329 g/mol. The minimum atomic E-state index is 0.227. The molecule has 0 atom stereocenters. The molecule has 1 N–H and O–H groups in total. The molecule has 2 heterocycles. The van der Waals surface area contributed by atoms with Crippen molar-refractivity contribution in [1.29, 1.82) is 0 Å². The van der Waals surface area contributed by atoms with Crippen molar-refractivity contribution in [3.05, 3.63) is 35.5 Å². The molecule has 0 bridgehead atoms. The molecular weight excluding hydrogens is 302 g/mol. The Bertz CT molecular complexity index is 695. The number of aromatic nitrogens is 1. The van der Waals surface area contributed by atoms with Gasteiger partial charge in [0.25, 0.3) is 0 Å². The Morgan fingerprint density at radius 3 is 2.96 bits per heavy atom. The van der Waals surface area contributed by atoms with Gasteiger partial charge in [-0.3, -0.25) is 9.69 Å². The molecule has 3 rings (SSSR count). The van der Waals surface area contributed by atoms with Gasteiger partial charge in [0.2, 0.25) is 5.91 Å². The zero-order chi connectivity index (χ0) is 16.9. The summed E-state index contributed by atoms with van der Waals surface area (Å²) in [6.07, 6.45) is 3.48. The van der Waals surface area contributed by atoms with Crippen molar-refractivity contribution in [3.63, 3.8) is 0 Å². The lowest BCUT2D eigenvalue weighted by molar-refractivity contribution is -0.130. The molecule has 2 aromatic rings. The topological polar surface area (TPSA) is 48.6 Å². The van der Waals surface area contributed by atoms with E-state index >= 15 is 0 Å². The zero-order valence-electron chi connectivity index (χ0n) is 14.7. The van der Waals surface area contributed by atoms with Crippen molar-refractivity contribution in [2.24, 2.45) is 0 Å². The Hall–Kier alpha value is -1.85. The zero-order valence-corrected chi connectivity index (χ0v) is 14.7. The molecule has 1 aliphatic heterocycles. The fraction of sp³-hybridized carbons (Fsp3) is 0.526. The van der Waals surface area contributed by atoms with E-state index in [1.807, 2.05) is 11.1 Å². The number of aromatic amines is 1. The maximum atomic E-state index is 12.7. The summed E-state index contributed by atoms with van der Waals surface area (Å²) in [5, 5.41) is 1.16. The molecule has 5 heteroatoms. The molecule has 5 nitrogen and oxygen atoms in total. The van der Waals surface area contributed by atoms with Crippen LogP contribution in [-0.2, 0) is 16.0 Å². The lowest BCUT2D eigenvalue weighted by Crippen LogP contribution is -2.36. The molecule has 0 spiro atoms. The van der Waals surface area contributed by atoms with Gasteiger partial charge in [0.15, 0.2) is 0 Å². The first-order chi connectivity index (χ1) is 11.7. The largest absolute Gasteiger partial charge is 0.383 e. The third-order valence-electron chi connectivity index (χ3n) is 4.82. The predicted octanol–water partition coefficient (Wildman–Crippen LogP) is 2.20. The number of rotatable bonds is 5. The van der Waals surface area contributed by atoms with E-state index in [1.165, 1.54) is 5.56 Å². The number of fused-ring (bicyclic) bond motifs is 1. The third-order valence-corrected chi connectivity index (χ3v) is 4.82. The minimum absolute atomic E-state index is 0.227. The predicted molar refractivity (Wildman–Crippen MR) is 96.3 cm³/mol. The number of methoxy groups -OCH3 is 1. The van der Waals surface area contributed by atoms with Gasteiger partial charge in [0.05, 0.1) is 13.0 Å². The Morgan fingerprint density at radius 1 is 1.25 bits per heavy atom. The van der Waals surface area contributed by atoms with E-state index in [4.69, 9.17) is 4.74 Å². The number of H-pyrrole nitrogens is 1. The number of nitrogens with zero attached hydrogens (tertiary/aromatic N) is 2. The van der Waals surface area contributed by atoms with E-state index in [0.717, 1.165) is 62.2 Å². The van der Waals surface area contributed by atoms with E-state index in [0.29, 0.717) is 6.42 Å². The molecule has 130 valence electrons. The first kappa shape index (κ1) is 17.0. The number of nitrogens with one attached hydrogen (secondary N) is 1. The highest BCUT2D eigenvalue weighted by molar-refractivity contribution is 5.89. The second kappa shape index (κ2) is 7.81. The smallest absolute Gasteiger partial charge is 0.227 e. The van der Waals surface area contributed by atoms with Crippen LogP contribution in [0, 0.1) is 6.92 Å². The van der Waals surface area contributed by atoms with Crippen molar-refractivity contribution >= 4 is 16.8 Å². The normalized spacial score (nSPS) is 16.5. The average Bonchev–Trinajstić information content (AvgIpc) is 2.81. The molecule has 1 fully saturated rings.